The largest absolute Gasteiger partial charge is 0.302 e. The minimum absolute atomic E-state index is 0. The second-order valence-electron chi connectivity index (χ2n) is 6.87. The highest BCUT2D eigenvalue weighted by atomic mass is 35.5. The molecule has 0 aromatic carbocycles. The lowest BCUT2D eigenvalue weighted by atomic mass is 9.51. The lowest BCUT2D eigenvalue weighted by Gasteiger charge is -2.65. The lowest BCUT2D eigenvalue weighted by molar-refractivity contribution is -0.0622. The smallest absolute Gasteiger partial charge is 0.0703 e. The molecule has 19 heavy (non-hydrogen) atoms. The molecular formula is C14H23ClN2S2. The molecule has 2 saturated heterocycles. The van der Waals surface area contributed by atoms with Gasteiger partial charge in [0.25, 0.3) is 0 Å². The molecular weight excluding hydrogens is 296 g/mol. The fourth-order valence-corrected chi connectivity index (χ4v) is 9.11. The maximum Gasteiger partial charge on any atom is 0.0703 e. The number of nitrogens with one attached hydrogen (secondary N) is 2. The van der Waals surface area contributed by atoms with Crippen molar-refractivity contribution in [3.8, 4) is 0 Å². The van der Waals surface area contributed by atoms with E-state index in [1.165, 1.54) is 50.3 Å². The van der Waals surface area contributed by atoms with E-state index >= 15 is 0 Å². The Hall–Kier alpha value is 0.910. The SMILES string of the molecule is C1CSC2(N1)C1CC3CC2CC(C1)C31NCCS1.Cl. The molecule has 0 radical (unpaired) electrons. The van der Waals surface area contributed by atoms with E-state index in [1.54, 1.807) is 0 Å². The third-order valence-corrected chi connectivity index (χ3v) is 9.78. The second-order valence-corrected chi connectivity index (χ2v) is 9.61. The third-order valence-electron chi connectivity index (χ3n) is 6.39. The van der Waals surface area contributed by atoms with Crippen molar-refractivity contribution in [2.75, 3.05) is 24.6 Å². The van der Waals surface area contributed by atoms with Crippen LogP contribution in [0.3, 0.4) is 0 Å². The Kier molecular flexibility index (Phi) is 3.18. The zero-order chi connectivity index (χ0) is 11.8. The summed E-state index contributed by atoms with van der Waals surface area (Å²) in [7, 11) is 0. The minimum atomic E-state index is 0. The molecule has 4 aliphatic carbocycles. The summed E-state index contributed by atoms with van der Waals surface area (Å²) in [6, 6.07) is 0. The Balaban J connectivity index is 0.000000968. The summed E-state index contributed by atoms with van der Waals surface area (Å²) in [6.07, 6.45) is 5.97. The highest BCUT2D eigenvalue weighted by Crippen LogP contribution is 2.68. The van der Waals surface area contributed by atoms with Gasteiger partial charge in [-0.2, -0.15) is 0 Å². The van der Waals surface area contributed by atoms with Gasteiger partial charge in [-0.1, -0.05) is 0 Å². The third kappa shape index (κ3) is 1.56. The number of hydrogen-bond acceptors (Lipinski definition) is 4. The molecule has 2 heterocycles. The Morgan fingerprint density at radius 1 is 0.684 bits per heavy atom. The van der Waals surface area contributed by atoms with Gasteiger partial charge < -0.3 is 10.6 Å². The van der Waals surface area contributed by atoms with Crippen LogP contribution in [0.1, 0.15) is 25.7 Å². The van der Waals surface area contributed by atoms with Gasteiger partial charge in [0.2, 0.25) is 0 Å². The van der Waals surface area contributed by atoms with Crippen molar-refractivity contribution in [2.24, 2.45) is 23.7 Å². The van der Waals surface area contributed by atoms with Gasteiger partial charge in [0.1, 0.15) is 0 Å². The van der Waals surface area contributed by atoms with Gasteiger partial charge in [-0.15, -0.1) is 35.9 Å². The monoisotopic (exact) mass is 318 g/mol. The molecule has 2 N–H and O–H groups in total. The van der Waals surface area contributed by atoms with E-state index in [0.717, 1.165) is 23.7 Å². The highest BCUT2D eigenvalue weighted by molar-refractivity contribution is 8.01. The van der Waals surface area contributed by atoms with Crippen molar-refractivity contribution >= 4 is 35.9 Å². The lowest BCUT2D eigenvalue weighted by Crippen LogP contribution is -2.69. The van der Waals surface area contributed by atoms with Crippen LogP contribution in [-0.2, 0) is 0 Å². The van der Waals surface area contributed by atoms with Gasteiger partial charge in [-0.25, -0.2) is 0 Å². The van der Waals surface area contributed by atoms with Crippen molar-refractivity contribution in [3.05, 3.63) is 0 Å². The van der Waals surface area contributed by atoms with E-state index < -0.39 is 0 Å². The van der Waals surface area contributed by atoms with Crippen molar-refractivity contribution in [1.29, 1.82) is 0 Å². The maximum absolute atomic E-state index is 3.93. The number of hydrogen-bond donors (Lipinski definition) is 2. The first kappa shape index (κ1) is 13.6. The molecule has 0 aromatic heterocycles. The van der Waals surface area contributed by atoms with Crippen LogP contribution in [0.5, 0.6) is 0 Å². The summed E-state index contributed by atoms with van der Waals surface area (Å²) in [5.74, 6) is 6.59. The number of rotatable bonds is 0. The average Bonchev–Trinajstić information content (AvgIpc) is 2.99. The van der Waals surface area contributed by atoms with E-state index in [-0.39, 0.29) is 12.4 Å². The molecule has 0 amide bonds. The van der Waals surface area contributed by atoms with Crippen molar-refractivity contribution in [2.45, 2.75) is 35.4 Å². The van der Waals surface area contributed by atoms with Crippen LogP contribution < -0.4 is 10.6 Å². The Morgan fingerprint density at radius 2 is 1.05 bits per heavy atom. The number of thioether (sulfide) groups is 2. The fraction of sp³-hybridized carbons (Fsp3) is 1.00. The van der Waals surface area contributed by atoms with Crippen LogP contribution in [0.25, 0.3) is 0 Å². The van der Waals surface area contributed by atoms with Crippen LogP contribution in [0.15, 0.2) is 0 Å². The normalized spacial score (nSPS) is 58.1. The first-order chi connectivity index (χ1) is 8.83. The van der Waals surface area contributed by atoms with E-state index in [1.807, 2.05) is 0 Å². The molecule has 4 bridgehead atoms. The summed E-state index contributed by atoms with van der Waals surface area (Å²) in [6.45, 7) is 2.51. The summed E-state index contributed by atoms with van der Waals surface area (Å²) in [5, 5.41) is 7.86. The first-order valence-corrected chi connectivity index (χ1v) is 9.58. The molecule has 4 saturated carbocycles. The molecule has 0 unspecified atom stereocenters. The summed E-state index contributed by atoms with van der Waals surface area (Å²) >= 11 is 4.55. The Labute approximate surface area is 130 Å². The van der Waals surface area contributed by atoms with Crippen LogP contribution >= 0.6 is 35.9 Å². The van der Waals surface area contributed by atoms with Crippen molar-refractivity contribution < 1.29 is 0 Å². The van der Waals surface area contributed by atoms with Gasteiger partial charge in [-0.3, -0.25) is 0 Å². The molecule has 2 spiro atoms. The fourth-order valence-electron chi connectivity index (χ4n) is 5.91. The zero-order valence-corrected chi connectivity index (χ0v) is 13.6. The minimum Gasteiger partial charge on any atom is -0.302 e. The Bertz CT molecular complexity index is 312. The van der Waals surface area contributed by atoms with E-state index in [0.29, 0.717) is 9.74 Å². The highest BCUT2D eigenvalue weighted by Gasteiger charge is 2.66. The van der Waals surface area contributed by atoms with Gasteiger partial charge >= 0.3 is 0 Å². The van der Waals surface area contributed by atoms with Crippen LogP contribution in [0, 0.1) is 23.7 Å². The van der Waals surface area contributed by atoms with Gasteiger partial charge in [0, 0.05) is 24.6 Å². The molecule has 108 valence electrons. The standard InChI is InChI=1S/C14H22N2S2.ClH/c1-3-17-13(15-1)9-5-11-7-10(13)8-12(6-9)14(11)16-2-4-18-14;/h9-12,15-16H,1-8H2;1H. The Morgan fingerprint density at radius 3 is 1.32 bits per heavy atom. The van der Waals surface area contributed by atoms with E-state index in [2.05, 4.69) is 34.2 Å². The molecule has 2 nitrogen and oxygen atoms in total. The summed E-state index contributed by atoms with van der Waals surface area (Å²) < 4.78 is 0. The van der Waals surface area contributed by atoms with Crippen LogP contribution in [0.4, 0.5) is 0 Å². The number of halogens is 1. The topological polar surface area (TPSA) is 24.1 Å². The van der Waals surface area contributed by atoms with Crippen molar-refractivity contribution in [3.63, 3.8) is 0 Å². The molecule has 5 heteroatoms. The zero-order valence-electron chi connectivity index (χ0n) is 11.2. The maximum atomic E-state index is 3.93. The van der Waals surface area contributed by atoms with Crippen LogP contribution in [-0.4, -0.2) is 34.3 Å². The predicted octanol–water partition coefficient (Wildman–Crippen LogP) is 2.54. The van der Waals surface area contributed by atoms with E-state index in [4.69, 9.17) is 0 Å². The molecule has 0 atom stereocenters. The van der Waals surface area contributed by atoms with Crippen LogP contribution in [0.2, 0.25) is 0 Å². The summed E-state index contributed by atoms with van der Waals surface area (Å²) in [4.78, 5) is 1.02. The molecule has 0 aromatic rings. The predicted molar refractivity (Wildman–Crippen MR) is 86.1 cm³/mol. The van der Waals surface area contributed by atoms with Crippen molar-refractivity contribution in [1.82, 2.24) is 10.6 Å². The van der Waals surface area contributed by atoms with Gasteiger partial charge in [0.05, 0.1) is 9.74 Å². The van der Waals surface area contributed by atoms with Gasteiger partial charge in [-0.05, 0) is 49.4 Å². The summed E-state index contributed by atoms with van der Waals surface area (Å²) in [5.41, 5.74) is 0. The molecule has 6 rings (SSSR count). The van der Waals surface area contributed by atoms with Gasteiger partial charge in [0.15, 0.2) is 0 Å². The second kappa shape index (κ2) is 4.45. The first-order valence-electron chi connectivity index (χ1n) is 7.61. The molecule has 6 aliphatic rings. The molecule has 2 aliphatic heterocycles. The van der Waals surface area contributed by atoms with E-state index in [9.17, 15) is 0 Å². The average molecular weight is 319 g/mol. The molecule has 6 fully saturated rings. The quantitative estimate of drug-likeness (QED) is 0.717.